The van der Waals surface area contributed by atoms with Crippen molar-refractivity contribution in [1.82, 2.24) is 5.32 Å². The van der Waals surface area contributed by atoms with Crippen molar-refractivity contribution in [1.29, 1.82) is 0 Å². The summed E-state index contributed by atoms with van der Waals surface area (Å²) in [7, 11) is 0. The monoisotopic (exact) mass is 230 g/mol. The summed E-state index contributed by atoms with van der Waals surface area (Å²) in [4.78, 5) is 11.9. The van der Waals surface area contributed by atoms with Crippen LogP contribution >= 0.6 is 0 Å². The largest absolute Gasteiger partial charge is 0.394 e. The van der Waals surface area contributed by atoms with Gasteiger partial charge in [-0.05, 0) is 19.3 Å². The maximum absolute atomic E-state index is 11.9. The van der Waals surface area contributed by atoms with Crippen molar-refractivity contribution >= 4 is 5.91 Å². The molecule has 0 aromatic carbocycles. The first-order valence-electron chi connectivity index (χ1n) is 5.88. The minimum Gasteiger partial charge on any atom is -0.394 e. The van der Waals surface area contributed by atoms with Crippen molar-refractivity contribution in [2.75, 3.05) is 13.2 Å². The van der Waals surface area contributed by atoms with Gasteiger partial charge in [-0.15, -0.1) is 0 Å². The summed E-state index contributed by atoms with van der Waals surface area (Å²) < 4.78 is 0. The van der Waals surface area contributed by atoms with Crippen molar-refractivity contribution in [2.45, 2.75) is 44.2 Å². The number of amides is 1. The van der Waals surface area contributed by atoms with E-state index >= 15 is 0 Å². The molecule has 0 aromatic heterocycles. The van der Waals surface area contributed by atoms with Gasteiger partial charge in [-0.1, -0.05) is 13.3 Å². The molecule has 1 aliphatic rings. The molecule has 1 amide bonds. The van der Waals surface area contributed by atoms with Gasteiger partial charge in [0.25, 0.3) is 0 Å². The summed E-state index contributed by atoms with van der Waals surface area (Å²) in [6.45, 7) is 1.31. The van der Waals surface area contributed by atoms with Gasteiger partial charge in [0.1, 0.15) is 0 Å². The molecule has 1 aliphatic carbocycles. The van der Waals surface area contributed by atoms with Gasteiger partial charge in [0.05, 0.1) is 24.7 Å². The van der Waals surface area contributed by atoms with E-state index in [9.17, 15) is 15.0 Å². The molecule has 5 nitrogen and oxygen atoms in total. The molecule has 2 atom stereocenters. The van der Waals surface area contributed by atoms with E-state index in [-0.39, 0.29) is 31.1 Å². The molecule has 0 spiro atoms. The molecule has 0 aliphatic heterocycles. The van der Waals surface area contributed by atoms with Crippen LogP contribution in [0.25, 0.3) is 0 Å². The molecule has 1 saturated carbocycles. The maximum Gasteiger partial charge on any atom is 0.225 e. The highest BCUT2D eigenvalue weighted by Crippen LogP contribution is 2.25. The number of nitrogens with two attached hydrogens (primary N) is 1. The number of carbonyl (C=O) groups excluding carboxylic acids is 1. The maximum atomic E-state index is 11.9. The Morgan fingerprint density at radius 3 is 2.44 bits per heavy atom. The Bertz CT molecular complexity index is 233. The number of hydrogen-bond acceptors (Lipinski definition) is 4. The quantitative estimate of drug-likeness (QED) is 0.505. The van der Waals surface area contributed by atoms with E-state index < -0.39 is 5.54 Å². The SMILES string of the molecule is CCC(CO)(CO)NC(=O)C1CCCC1N. The van der Waals surface area contributed by atoms with Crippen LogP contribution in [0.4, 0.5) is 0 Å². The van der Waals surface area contributed by atoms with Gasteiger partial charge in [0.15, 0.2) is 0 Å². The molecule has 0 heterocycles. The Labute approximate surface area is 96.0 Å². The van der Waals surface area contributed by atoms with Crippen LogP contribution in [0.15, 0.2) is 0 Å². The van der Waals surface area contributed by atoms with Crippen LogP contribution in [-0.4, -0.2) is 40.9 Å². The van der Waals surface area contributed by atoms with Crippen LogP contribution < -0.4 is 11.1 Å². The van der Waals surface area contributed by atoms with Crippen molar-refractivity contribution in [3.8, 4) is 0 Å². The van der Waals surface area contributed by atoms with Gasteiger partial charge >= 0.3 is 0 Å². The molecule has 0 radical (unpaired) electrons. The lowest BCUT2D eigenvalue weighted by Gasteiger charge is -2.31. The normalized spacial score (nSPS) is 25.8. The van der Waals surface area contributed by atoms with Crippen LogP contribution in [0.5, 0.6) is 0 Å². The molecule has 94 valence electrons. The van der Waals surface area contributed by atoms with Gasteiger partial charge in [-0.2, -0.15) is 0 Å². The standard InChI is InChI=1S/C11H22N2O3/c1-2-11(6-14,7-15)13-10(16)8-4-3-5-9(8)12/h8-9,14-15H,2-7,12H2,1H3,(H,13,16). The first-order chi connectivity index (χ1) is 7.58. The van der Waals surface area contributed by atoms with E-state index in [1.54, 1.807) is 0 Å². The fraction of sp³-hybridized carbons (Fsp3) is 0.909. The number of hydrogen-bond donors (Lipinski definition) is 4. The smallest absolute Gasteiger partial charge is 0.225 e. The first kappa shape index (κ1) is 13.4. The van der Waals surface area contributed by atoms with E-state index in [1.165, 1.54) is 0 Å². The first-order valence-corrected chi connectivity index (χ1v) is 5.88. The highest BCUT2D eigenvalue weighted by atomic mass is 16.3. The highest BCUT2D eigenvalue weighted by Gasteiger charge is 2.35. The third-order valence-corrected chi connectivity index (χ3v) is 3.58. The number of aliphatic hydroxyl groups is 2. The number of rotatable bonds is 5. The highest BCUT2D eigenvalue weighted by molar-refractivity contribution is 5.80. The van der Waals surface area contributed by atoms with Crippen LogP contribution in [0.3, 0.4) is 0 Å². The lowest BCUT2D eigenvalue weighted by molar-refractivity contribution is -0.128. The Morgan fingerprint density at radius 1 is 1.44 bits per heavy atom. The van der Waals surface area contributed by atoms with E-state index in [0.29, 0.717) is 6.42 Å². The summed E-state index contributed by atoms with van der Waals surface area (Å²) in [5, 5.41) is 21.2. The van der Waals surface area contributed by atoms with Crippen LogP contribution in [0.1, 0.15) is 32.6 Å². The number of nitrogens with one attached hydrogen (secondary N) is 1. The lowest BCUT2D eigenvalue weighted by Crippen LogP contribution is -2.56. The second-order valence-electron chi connectivity index (χ2n) is 4.64. The van der Waals surface area contributed by atoms with Gasteiger partial charge < -0.3 is 21.3 Å². The molecule has 5 N–H and O–H groups in total. The Balaban J connectivity index is 2.61. The minimum atomic E-state index is -0.903. The Kier molecular flexibility index (Phi) is 4.70. The van der Waals surface area contributed by atoms with E-state index in [2.05, 4.69) is 5.32 Å². The predicted molar refractivity (Wildman–Crippen MR) is 60.7 cm³/mol. The predicted octanol–water partition coefficient (Wildman–Crippen LogP) is -0.637. The van der Waals surface area contributed by atoms with Gasteiger partial charge in [0, 0.05) is 6.04 Å². The van der Waals surface area contributed by atoms with Gasteiger partial charge in [0.2, 0.25) is 5.91 Å². The van der Waals surface area contributed by atoms with Crippen molar-refractivity contribution in [3.63, 3.8) is 0 Å². The zero-order chi connectivity index (χ0) is 12.2. The number of aliphatic hydroxyl groups excluding tert-OH is 2. The summed E-state index contributed by atoms with van der Waals surface area (Å²) in [6.07, 6.45) is 3.13. The summed E-state index contributed by atoms with van der Waals surface area (Å²) in [6, 6.07) is -0.0908. The third kappa shape index (κ3) is 2.72. The molecule has 2 unspecified atom stereocenters. The van der Waals surface area contributed by atoms with Crippen LogP contribution in [-0.2, 0) is 4.79 Å². The van der Waals surface area contributed by atoms with E-state index in [1.807, 2.05) is 6.92 Å². The van der Waals surface area contributed by atoms with E-state index in [0.717, 1.165) is 19.3 Å². The second-order valence-corrected chi connectivity index (χ2v) is 4.64. The Hall–Kier alpha value is -0.650. The zero-order valence-electron chi connectivity index (χ0n) is 9.78. The molecule has 0 bridgehead atoms. The fourth-order valence-corrected chi connectivity index (χ4v) is 2.11. The molecule has 5 heteroatoms. The molecule has 0 saturated heterocycles. The Morgan fingerprint density at radius 2 is 2.06 bits per heavy atom. The summed E-state index contributed by atoms with van der Waals surface area (Å²) in [5.74, 6) is -0.320. The zero-order valence-corrected chi connectivity index (χ0v) is 9.78. The average Bonchev–Trinajstić information content (AvgIpc) is 2.72. The third-order valence-electron chi connectivity index (χ3n) is 3.58. The van der Waals surface area contributed by atoms with Crippen LogP contribution in [0, 0.1) is 5.92 Å². The lowest BCUT2D eigenvalue weighted by atomic mass is 9.95. The number of carbonyl (C=O) groups is 1. The van der Waals surface area contributed by atoms with Crippen LogP contribution in [0.2, 0.25) is 0 Å². The summed E-state index contributed by atoms with van der Waals surface area (Å²) in [5.41, 5.74) is 4.93. The second kappa shape index (κ2) is 5.61. The van der Waals surface area contributed by atoms with Crippen molar-refractivity contribution in [3.05, 3.63) is 0 Å². The summed E-state index contributed by atoms with van der Waals surface area (Å²) >= 11 is 0. The van der Waals surface area contributed by atoms with Crippen molar-refractivity contribution in [2.24, 2.45) is 11.7 Å². The fourth-order valence-electron chi connectivity index (χ4n) is 2.11. The molecule has 16 heavy (non-hydrogen) atoms. The molecule has 1 fully saturated rings. The van der Waals surface area contributed by atoms with Crippen molar-refractivity contribution < 1.29 is 15.0 Å². The minimum absolute atomic E-state index is 0.0908. The molecule has 0 aromatic rings. The van der Waals surface area contributed by atoms with Gasteiger partial charge in [-0.3, -0.25) is 4.79 Å². The van der Waals surface area contributed by atoms with E-state index in [4.69, 9.17) is 5.73 Å². The molecule has 1 rings (SSSR count). The molecular weight excluding hydrogens is 208 g/mol. The average molecular weight is 230 g/mol. The topological polar surface area (TPSA) is 95.6 Å². The van der Waals surface area contributed by atoms with Gasteiger partial charge in [-0.25, -0.2) is 0 Å². The molecular formula is C11H22N2O3.